The molecular weight excluding hydrogens is 292 g/mol. The van der Waals surface area contributed by atoms with E-state index in [1.54, 1.807) is 0 Å². The van der Waals surface area contributed by atoms with Gasteiger partial charge in [-0.2, -0.15) is 4.31 Å². The molecule has 1 saturated heterocycles. The second-order valence-corrected chi connectivity index (χ2v) is 7.32. The molecule has 118 valence electrons. The average Bonchev–Trinajstić information content (AvgIpc) is 2.42. The summed E-state index contributed by atoms with van der Waals surface area (Å²) in [6, 6.07) is 0. The SMILES string of the molecule is Cc1nc(NCC2CN(S(C)(=O)=O)CCO2)nc(C)c1C. The van der Waals surface area contributed by atoms with Crippen LogP contribution in [0.25, 0.3) is 0 Å². The number of nitrogens with zero attached hydrogens (tertiary/aromatic N) is 3. The third-order valence-electron chi connectivity index (χ3n) is 3.69. The van der Waals surface area contributed by atoms with Crippen molar-refractivity contribution in [3.05, 3.63) is 17.0 Å². The Bertz CT molecular complexity index is 595. The predicted octanol–water partition coefficient (Wildman–Crippen LogP) is 0.474. The maximum Gasteiger partial charge on any atom is 0.223 e. The number of hydrogen-bond acceptors (Lipinski definition) is 6. The van der Waals surface area contributed by atoms with Crippen molar-refractivity contribution in [2.75, 3.05) is 37.8 Å². The summed E-state index contributed by atoms with van der Waals surface area (Å²) >= 11 is 0. The molecule has 1 aromatic rings. The Morgan fingerprint density at radius 1 is 1.29 bits per heavy atom. The number of aromatic nitrogens is 2. The van der Waals surface area contributed by atoms with Crippen LogP contribution < -0.4 is 5.32 Å². The lowest BCUT2D eigenvalue weighted by atomic mass is 10.2. The number of sulfonamides is 1. The zero-order valence-corrected chi connectivity index (χ0v) is 13.7. The van der Waals surface area contributed by atoms with Gasteiger partial charge in [-0.1, -0.05) is 0 Å². The van der Waals surface area contributed by atoms with E-state index < -0.39 is 10.0 Å². The van der Waals surface area contributed by atoms with Crippen LogP contribution in [0.5, 0.6) is 0 Å². The second kappa shape index (κ2) is 6.25. The van der Waals surface area contributed by atoms with Gasteiger partial charge in [0.25, 0.3) is 0 Å². The van der Waals surface area contributed by atoms with Gasteiger partial charge >= 0.3 is 0 Å². The van der Waals surface area contributed by atoms with Crippen LogP contribution in [-0.2, 0) is 14.8 Å². The van der Waals surface area contributed by atoms with Crippen LogP contribution in [0, 0.1) is 20.8 Å². The lowest BCUT2D eigenvalue weighted by molar-refractivity contribution is 0.00696. The van der Waals surface area contributed by atoms with Gasteiger partial charge in [-0.3, -0.25) is 0 Å². The van der Waals surface area contributed by atoms with Crippen LogP contribution in [0.3, 0.4) is 0 Å². The van der Waals surface area contributed by atoms with Crippen molar-refractivity contribution in [1.82, 2.24) is 14.3 Å². The normalized spacial score (nSPS) is 20.5. The molecule has 0 spiro atoms. The predicted molar refractivity (Wildman–Crippen MR) is 80.9 cm³/mol. The molecular formula is C13H22N4O3S. The molecule has 2 heterocycles. The highest BCUT2D eigenvalue weighted by Gasteiger charge is 2.26. The standard InChI is InChI=1S/C13H22N4O3S/c1-9-10(2)15-13(16-11(9)3)14-7-12-8-17(5-6-20-12)21(4,18)19/h12H,5-8H2,1-4H3,(H,14,15,16). The minimum atomic E-state index is -3.17. The first kappa shape index (κ1) is 16.1. The fourth-order valence-electron chi connectivity index (χ4n) is 2.17. The van der Waals surface area contributed by atoms with Crippen molar-refractivity contribution in [3.8, 4) is 0 Å². The molecule has 0 amide bonds. The van der Waals surface area contributed by atoms with Gasteiger partial charge in [0.1, 0.15) is 0 Å². The quantitative estimate of drug-likeness (QED) is 0.870. The third-order valence-corrected chi connectivity index (χ3v) is 4.96. The first-order valence-electron chi connectivity index (χ1n) is 6.90. The van der Waals surface area contributed by atoms with Crippen LogP contribution in [0.4, 0.5) is 5.95 Å². The maximum absolute atomic E-state index is 11.6. The van der Waals surface area contributed by atoms with E-state index in [-0.39, 0.29) is 6.10 Å². The van der Waals surface area contributed by atoms with Crippen molar-refractivity contribution in [2.24, 2.45) is 0 Å². The molecule has 2 rings (SSSR count). The maximum atomic E-state index is 11.6. The molecule has 1 aromatic heterocycles. The Balaban J connectivity index is 1.97. The first-order valence-corrected chi connectivity index (χ1v) is 8.74. The summed E-state index contributed by atoms with van der Waals surface area (Å²) < 4.78 is 30.1. The Labute approximate surface area is 125 Å². The smallest absolute Gasteiger partial charge is 0.223 e. The molecule has 0 aromatic carbocycles. The van der Waals surface area contributed by atoms with E-state index in [1.807, 2.05) is 20.8 Å². The molecule has 21 heavy (non-hydrogen) atoms. The molecule has 1 N–H and O–H groups in total. The van der Waals surface area contributed by atoms with E-state index in [9.17, 15) is 8.42 Å². The monoisotopic (exact) mass is 314 g/mol. The molecule has 0 bridgehead atoms. The third kappa shape index (κ3) is 4.12. The summed E-state index contributed by atoms with van der Waals surface area (Å²) in [5.41, 5.74) is 2.96. The molecule has 1 aliphatic rings. The molecule has 7 nitrogen and oxygen atoms in total. The van der Waals surface area contributed by atoms with E-state index in [1.165, 1.54) is 10.6 Å². The molecule has 1 fully saturated rings. The van der Waals surface area contributed by atoms with Crippen LogP contribution in [-0.4, -0.2) is 61.3 Å². The molecule has 1 unspecified atom stereocenters. The van der Waals surface area contributed by atoms with Crippen molar-refractivity contribution >= 4 is 16.0 Å². The van der Waals surface area contributed by atoms with Crippen molar-refractivity contribution in [1.29, 1.82) is 0 Å². The number of ether oxygens (including phenoxy) is 1. The van der Waals surface area contributed by atoms with E-state index in [0.717, 1.165) is 17.0 Å². The summed E-state index contributed by atoms with van der Waals surface area (Å²) in [7, 11) is -3.17. The van der Waals surface area contributed by atoms with Gasteiger partial charge in [-0.15, -0.1) is 0 Å². The Kier molecular flexibility index (Phi) is 4.80. The number of nitrogens with one attached hydrogen (secondary N) is 1. The molecule has 1 atom stereocenters. The van der Waals surface area contributed by atoms with Crippen molar-refractivity contribution < 1.29 is 13.2 Å². The minimum absolute atomic E-state index is 0.195. The summed E-state index contributed by atoms with van der Waals surface area (Å²) in [6.07, 6.45) is 1.03. The molecule has 0 aliphatic carbocycles. The number of aryl methyl sites for hydroxylation is 2. The van der Waals surface area contributed by atoms with Gasteiger partial charge in [0.2, 0.25) is 16.0 Å². The van der Waals surface area contributed by atoms with E-state index in [0.29, 0.717) is 32.2 Å². The van der Waals surface area contributed by atoms with E-state index in [2.05, 4.69) is 15.3 Å². The van der Waals surface area contributed by atoms with Crippen LogP contribution >= 0.6 is 0 Å². The van der Waals surface area contributed by atoms with Gasteiger partial charge in [0.05, 0.1) is 19.0 Å². The summed E-state index contributed by atoms with van der Waals surface area (Å²) in [5.74, 6) is 0.552. The number of morpholine rings is 1. The van der Waals surface area contributed by atoms with Gasteiger partial charge in [0.15, 0.2) is 0 Å². The summed E-state index contributed by atoms with van der Waals surface area (Å²) in [6.45, 7) is 7.53. The highest BCUT2D eigenvalue weighted by Crippen LogP contribution is 2.12. The number of anilines is 1. The summed E-state index contributed by atoms with van der Waals surface area (Å²) in [5, 5.41) is 3.13. The van der Waals surface area contributed by atoms with Crippen LogP contribution in [0.2, 0.25) is 0 Å². The largest absolute Gasteiger partial charge is 0.374 e. The highest BCUT2D eigenvalue weighted by molar-refractivity contribution is 7.88. The topological polar surface area (TPSA) is 84.4 Å². The van der Waals surface area contributed by atoms with Gasteiger partial charge < -0.3 is 10.1 Å². The van der Waals surface area contributed by atoms with Gasteiger partial charge in [-0.05, 0) is 26.3 Å². The second-order valence-electron chi connectivity index (χ2n) is 5.34. The lowest BCUT2D eigenvalue weighted by Gasteiger charge is -2.31. The van der Waals surface area contributed by atoms with Gasteiger partial charge in [0, 0.05) is 31.0 Å². The van der Waals surface area contributed by atoms with E-state index in [4.69, 9.17) is 4.74 Å². The molecule has 1 aliphatic heterocycles. The Hall–Kier alpha value is -1.25. The number of rotatable bonds is 4. The Morgan fingerprint density at radius 2 is 1.90 bits per heavy atom. The Morgan fingerprint density at radius 3 is 2.48 bits per heavy atom. The minimum Gasteiger partial charge on any atom is -0.374 e. The van der Waals surface area contributed by atoms with Crippen LogP contribution in [0.15, 0.2) is 0 Å². The fraction of sp³-hybridized carbons (Fsp3) is 0.692. The van der Waals surface area contributed by atoms with Crippen molar-refractivity contribution in [2.45, 2.75) is 26.9 Å². The molecule has 0 saturated carbocycles. The van der Waals surface area contributed by atoms with E-state index >= 15 is 0 Å². The highest BCUT2D eigenvalue weighted by atomic mass is 32.2. The lowest BCUT2D eigenvalue weighted by Crippen LogP contribution is -2.47. The number of hydrogen-bond donors (Lipinski definition) is 1. The summed E-state index contributed by atoms with van der Waals surface area (Å²) in [4.78, 5) is 8.75. The fourth-order valence-corrected chi connectivity index (χ4v) is 3.02. The average molecular weight is 314 g/mol. The molecule has 0 radical (unpaired) electrons. The van der Waals surface area contributed by atoms with Gasteiger partial charge in [-0.25, -0.2) is 18.4 Å². The molecule has 8 heteroatoms. The zero-order chi connectivity index (χ0) is 15.6. The van der Waals surface area contributed by atoms with Crippen LogP contribution in [0.1, 0.15) is 17.0 Å². The first-order chi connectivity index (χ1) is 9.77. The van der Waals surface area contributed by atoms with Crippen molar-refractivity contribution in [3.63, 3.8) is 0 Å². The zero-order valence-electron chi connectivity index (χ0n) is 12.9.